The summed E-state index contributed by atoms with van der Waals surface area (Å²) in [5.41, 5.74) is 8.26. The molecule has 1 aromatic carbocycles. The van der Waals surface area contributed by atoms with Gasteiger partial charge in [0.05, 0.1) is 17.6 Å². The van der Waals surface area contributed by atoms with Crippen LogP contribution in [0.1, 0.15) is 5.56 Å². The first-order chi connectivity index (χ1) is 7.58. The quantitative estimate of drug-likeness (QED) is 0.821. The highest BCUT2D eigenvalue weighted by atomic mass is 79.9. The fourth-order valence-electron chi connectivity index (χ4n) is 1.38. The summed E-state index contributed by atoms with van der Waals surface area (Å²) in [6, 6.07) is 7.67. The molecule has 5 heteroatoms. The highest BCUT2D eigenvalue weighted by molar-refractivity contribution is 9.10. The van der Waals surface area contributed by atoms with Crippen LogP contribution in [-0.2, 0) is 0 Å². The van der Waals surface area contributed by atoms with Crippen LogP contribution in [0.3, 0.4) is 0 Å². The zero-order chi connectivity index (χ0) is 11.7. The van der Waals surface area contributed by atoms with Crippen molar-refractivity contribution in [1.29, 1.82) is 0 Å². The molecule has 0 aliphatic rings. The van der Waals surface area contributed by atoms with Crippen molar-refractivity contribution < 1.29 is 0 Å². The number of anilines is 1. The Bertz CT molecular complexity index is 592. The Hall–Kier alpha value is -1.20. The maximum Gasteiger partial charge on any atom is 0.130 e. The van der Waals surface area contributed by atoms with Gasteiger partial charge in [0.15, 0.2) is 0 Å². The van der Waals surface area contributed by atoms with Crippen molar-refractivity contribution in [1.82, 2.24) is 9.78 Å². The van der Waals surface area contributed by atoms with Crippen molar-refractivity contribution in [2.45, 2.75) is 6.92 Å². The zero-order valence-electron chi connectivity index (χ0n) is 8.64. The Morgan fingerprint density at radius 2 is 2.12 bits per heavy atom. The van der Waals surface area contributed by atoms with Gasteiger partial charge < -0.3 is 5.73 Å². The average Bonchev–Trinajstić information content (AvgIpc) is 2.22. The molecule has 0 saturated heterocycles. The number of aromatic nitrogens is 2. The van der Waals surface area contributed by atoms with Crippen molar-refractivity contribution in [3.05, 3.63) is 45.1 Å². The minimum absolute atomic E-state index is 0.579. The molecule has 0 saturated carbocycles. The molecule has 3 nitrogen and oxygen atoms in total. The van der Waals surface area contributed by atoms with Gasteiger partial charge in [-0.3, -0.25) is 0 Å². The number of rotatable bonds is 1. The highest BCUT2D eigenvalue weighted by Gasteiger charge is 2.01. The van der Waals surface area contributed by atoms with Gasteiger partial charge in [0.2, 0.25) is 0 Å². The smallest absolute Gasteiger partial charge is 0.130 e. The lowest BCUT2D eigenvalue weighted by atomic mass is 10.2. The molecule has 0 unspecified atom stereocenters. The molecule has 1 heterocycles. The highest BCUT2D eigenvalue weighted by Crippen LogP contribution is 2.19. The van der Waals surface area contributed by atoms with Gasteiger partial charge in [0, 0.05) is 4.47 Å². The van der Waals surface area contributed by atoms with Crippen molar-refractivity contribution in [2.24, 2.45) is 0 Å². The third-order valence-electron chi connectivity index (χ3n) is 2.21. The number of hydrogen-bond donors (Lipinski definition) is 1. The minimum Gasteiger partial charge on any atom is -0.397 e. The van der Waals surface area contributed by atoms with Gasteiger partial charge in [0.1, 0.15) is 4.64 Å². The lowest BCUT2D eigenvalue weighted by Crippen LogP contribution is -2.03. The molecule has 82 valence electrons. The summed E-state index contributed by atoms with van der Waals surface area (Å²) in [5.74, 6) is 0. The molecule has 2 aromatic rings. The molecule has 0 radical (unpaired) electrons. The van der Waals surface area contributed by atoms with E-state index in [-0.39, 0.29) is 0 Å². The number of benzene rings is 1. The van der Waals surface area contributed by atoms with E-state index in [1.54, 1.807) is 16.9 Å². The Kier molecular flexibility index (Phi) is 3.07. The molecule has 0 atom stereocenters. The lowest BCUT2D eigenvalue weighted by Gasteiger charge is -2.07. The van der Waals surface area contributed by atoms with Crippen LogP contribution in [0.25, 0.3) is 5.69 Å². The summed E-state index contributed by atoms with van der Waals surface area (Å²) in [7, 11) is 0. The number of nitrogen functional groups attached to an aromatic ring is 1. The first-order valence-electron chi connectivity index (χ1n) is 4.69. The zero-order valence-corrected chi connectivity index (χ0v) is 11.0. The lowest BCUT2D eigenvalue weighted by molar-refractivity contribution is 0.830. The predicted octanol–water partition coefficient (Wildman–Crippen LogP) is 3.25. The van der Waals surface area contributed by atoms with Crippen LogP contribution < -0.4 is 5.73 Å². The Labute approximate surface area is 107 Å². The van der Waals surface area contributed by atoms with Crippen molar-refractivity contribution >= 4 is 33.8 Å². The molecule has 0 aliphatic carbocycles. The van der Waals surface area contributed by atoms with Gasteiger partial charge in [-0.2, -0.15) is 5.10 Å². The van der Waals surface area contributed by atoms with Crippen molar-refractivity contribution in [3.8, 4) is 5.69 Å². The molecule has 2 N–H and O–H groups in total. The van der Waals surface area contributed by atoms with Gasteiger partial charge in [-0.15, -0.1) is 0 Å². The van der Waals surface area contributed by atoms with Gasteiger partial charge in [-0.25, -0.2) is 4.68 Å². The summed E-state index contributed by atoms with van der Waals surface area (Å²) in [5, 5.41) is 4.19. The second-order valence-corrected chi connectivity index (χ2v) is 4.75. The van der Waals surface area contributed by atoms with Gasteiger partial charge in [-0.05, 0) is 36.8 Å². The van der Waals surface area contributed by atoms with E-state index in [0.29, 0.717) is 10.3 Å². The molecule has 0 aliphatic heterocycles. The SMILES string of the molecule is Cc1cc(-n2ncc(N)cc2=S)ccc1Br. The maximum absolute atomic E-state index is 5.61. The molecule has 0 fully saturated rings. The second kappa shape index (κ2) is 4.35. The fourth-order valence-corrected chi connectivity index (χ4v) is 1.91. The van der Waals surface area contributed by atoms with Crippen LogP contribution in [0.15, 0.2) is 34.9 Å². The normalized spacial score (nSPS) is 10.4. The van der Waals surface area contributed by atoms with Gasteiger partial charge in [0.25, 0.3) is 0 Å². The number of hydrogen-bond acceptors (Lipinski definition) is 3. The van der Waals surface area contributed by atoms with Gasteiger partial charge in [-0.1, -0.05) is 28.1 Å². The van der Waals surface area contributed by atoms with E-state index < -0.39 is 0 Å². The van der Waals surface area contributed by atoms with Crippen LogP contribution in [-0.4, -0.2) is 9.78 Å². The predicted molar refractivity (Wildman–Crippen MR) is 71.2 cm³/mol. The van der Waals surface area contributed by atoms with E-state index in [9.17, 15) is 0 Å². The second-order valence-electron chi connectivity index (χ2n) is 3.47. The summed E-state index contributed by atoms with van der Waals surface area (Å²) in [6.07, 6.45) is 1.59. The molecule has 0 amide bonds. The molecule has 1 aromatic heterocycles. The van der Waals surface area contributed by atoms with E-state index in [0.717, 1.165) is 15.7 Å². The molecule has 2 rings (SSSR count). The first kappa shape index (κ1) is 11.3. The Morgan fingerprint density at radius 1 is 1.38 bits per heavy atom. The van der Waals surface area contributed by atoms with E-state index >= 15 is 0 Å². The fraction of sp³-hybridized carbons (Fsp3) is 0.0909. The first-order valence-corrected chi connectivity index (χ1v) is 5.89. The van der Waals surface area contributed by atoms with Crippen molar-refractivity contribution in [2.75, 3.05) is 5.73 Å². The standard InChI is InChI=1S/C11H10BrN3S/c1-7-4-9(2-3-10(7)12)15-11(16)5-8(13)6-14-15/h2-6H,13H2,1H3. The summed E-state index contributed by atoms with van der Waals surface area (Å²) < 4.78 is 3.35. The van der Waals surface area contributed by atoms with Crippen LogP contribution in [0.2, 0.25) is 0 Å². The molecule has 0 spiro atoms. The van der Waals surface area contributed by atoms with E-state index in [4.69, 9.17) is 18.0 Å². The number of nitrogens with zero attached hydrogens (tertiary/aromatic N) is 2. The summed E-state index contributed by atoms with van der Waals surface area (Å²) in [6.45, 7) is 2.02. The minimum atomic E-state index is 0.579. The average molecular weight is 296 g/mol. The van der Waals surface area contributed by atoms with E-state index in [2.05, 4.69) is 21.0 Å². The third-order valence-corrected chi connectivity index (χ3v) is 3.39. The number of halogens is 1. The van der Waals surface area contributed by atoms with Crippen LogP contribution >= 0.6 is 28.1 Å². The van der Waals surface area contributed by atoms with E-state index in [1.807, 2.05) is 25.1 Å². The van der Waals surface area contributed by atoms with Crippen LogP contribution in [0, 0.1) is 11.6 Å². The monoisotopic (exact) mass is 295 g/mol. The summed E-state index contributed by atoms with van der Waals surface area (Å²) >= 11 is 8.66. The third kappa shape index (κ3) is 2.15. The largest absolute Gasteiger partial charge is 0.397 e. The van der Waals surface area contributed by atoms with Crippen LogP contribution in [0.4, 0.5) is 5.69 Å². The number of aryl methyl sites for hydroxylation is 1. The van der Waals surface area contributed by atoms with E-state index in [1.165, 1.54) is 0 Å². The molecular formula is C11H10BrN3S. The number of nitrogens with two attached hydrogens (primary N) is 1. The topological polar surface area (TPSA) is 43.8 Å². The van der Waals surface area contributed by atoms with Crippen molar-refractivity contribution in [3.63, 3.8) is 0 Å². The maximum atomic E-state index is 5.61. The molecule has 16 heavy (non-hydrogen) atoms. The van der Waals surface area contributed by atoms with Gasteiger partial charge >= 0.3 is 0 Å². The molecular weight excluding hydrogens is 286 g/mol. The van der Waals surface area contributed by atoms with Crippen LogP contribution in [0.5, 0.6) is 0 Å². The molecule has 0 bridgehead atoms. The Morgan fingerprint density at radius 3 is 2.75 bits per heavy atom. The Balaban J connectivity index is 2.59. The summed E-state index contributed by atoms with van der Waals surface area (Å²) in [4.78, 5) is 0.